The monoisotopic (exact) mass is 304 g/mol. The van der Waals surface area contributed by atoms with E-state index in [0.29, 0.717) is 24.6 Å². The number of rotatable bonds is 3. The Hall–Kier alpha value is -0.990. The van der Waals surface area contributed by atoms with Crippen LogP contribution in [0.4, 0.5) is 0 Å². The Labute approximate surface area is 116 Å². The second kappa shape index (κ2) is 5.18. The van der Waals surface area contributed by atoms with Gasteiger partial charge in [0, 0.05) is 18.5 Å². The number of hydrogen-bond acceptors (Lipinski definition) is 6. The summed E-state index contributed by atoms with van der Waals surface area (Å²) in [5, 5.41) is 10.2. The van der Waals surface area contributed by atoms with Crippen molar-refractivity contribution in [1.82, 2.24) is 9.88 Å². The molecule has 0 aromatic carbocycles. The van der Waals surface area contributed by atoms with Crippen molar-refractivity contribution in [2.45, 2.75) is 30.9 Å². The Bertz CT molecular complexity index is 563. The Kier molecular flexibility index (Phi) is 3.93. The van der Waals surface area contributed by atoms with Gasteiger partial charge in [0.05, 0.1) is 17.0 Å². The lowest BCUT2D eigenvalue weighted by molar-refractivity contribution is 0.0691. The zero-order valence-corrected chi connectivity index (χ0v) is 12.4. The lowest BCUT2D eigenvalue weighted by Gasteiger charge is -2.34. The van der Waals surface area contributed by atoms with Gasteiger partial charge in [0.1, 0.15) is 5.01 Å². The number of thiazole rings is 1. The average molecular weight is 304 g/mol. The maximum Gasteiger partial charge on any atom is 0.355 e. The molecule has 0 saturated carbocycles. The van der Waals surface area contributed by atoms with Crippen LogP contribution in [0.2, 0.25) is 0 Å². The Balaban J connectivity index is 2.06. The highest BCUT2D eigenvalue weighted by atomic mass is 32.2. The van der Waals surface area contributed by atoms with Gasteiger partial charge in [0.25, 0.3) is 0 Å². The van der Waals surface area contributed by atoms with Gasteiger partial charge in [0.2, 0.25) is 0 Å². The van der Waals surface area contributed by atoms with Gasteiger partial charge in [-0.2, -0.15) is 0 Å². The van der Waals surface area contributed by atoms with E-state index in [4.69, 9.17) is 5.11 Å². The maximum absolute atomic E-state index is 11.9. The number of carbonyl (C=O) groups is 1. The summed E-state index contributed by atoms with van der Waals surface area (Å²) in [6.45, 7) is 4.86. The van der Waals surface area contributed by atoms with Crippen molar-refractivity contribution >= 4 is 27.1 Å². The number of aromatic nitrogens is 1. The first-order valence-corrected chi connectivity index (χ1v) is 8.42. The first kappa shape index (κ1) is 14.4. The van der Waals surface area contributed by atoms with Crippen LogP contribution in [0.3, 0.4) is 0 Å². The van der Waals surface area contributed by atoms with E-state index in [0.717, 1.165) is 0 Å². The number of hydrogen-bond donors (Lipinski definition) is 1. The van der Waals surface area contributed by atoms with E-state index in [9.17, 15) is 13.2 Å². The second-order valence-corrected chi connectivity index (χ2v) is 8.57. The van der Waals surface area contributed by atoms with Crippen LogP contribution in [-0.4, -0.2) is 53.0 Å². The molecule has 19 heavy (non-hydrogen) atoms. The van der Waals surface area contributed by atoms with Crippen LogP contribution in [0.15, 0.2) is 5.38 Å². The van der Waals surface area contributed by atoms with Crippen LogP contribution in [-0.2, 0) is 16.4 Å². The van der Waals surface area contributed by atoms with Gasteiger partial charge in [-0.25, -0.2) is 18.2 Å². The number of aromatic carboxylic acids is 1. The predicted octanol–water partition coefficient (Wildman–Crippen LogP) is 0.849. The molecule has 0 aliphatic carbocycles. The minimum Gasteiger partial charge on any atom is -0.476 e. The smallest absolute Gasteiger partial charge is 0.355 e. The molecule has 1 aliphatic heterocycles. The Morgan fingerprint density at radius 3 is 2.53 bits per heavy atom. The highest BCUT2D eigenvalue weighted by Crippen LogP contribution is 2.21. The van der Waals surface area contributed by atoms with Crippen molar-refractivity contribution < 1.29 is 18.3 Å². The first-order valence-electron chi connectivity index (χ1n) is 5.93. The molecule has 0 amide bonds. The fourth-order valence-electron chi connectivity index (χ4n) is 2.21. The van der Waals surface area contributed by atoms with Crippen molar-refractivity contribution in [2.24, 2.45) is 0 Å². The minimum atomic E-state index is -3.03. The highest BCUT2D eigenvalue weighted by Gasteiger charge is 2.35. The quantitative estimate of drug-likeness (QED) is 0.890. The molecule has 2 unspecified atom stereocenters. The zero-order chi connectivity index (χ0) is 14.2. The summed E-state index contributed by atoms with van der Waals surface area (Å²) in [5.41, 5.74) is 0.0470. The zero-order valence-electron chi connectivity index (χ0n) is 10.7. The van der Waals surface area contributed by atoms with Crippen LogP contribution in [0.1, 0.15) is 29.3 Å². The molecule has 1 saturated heterocycles. The molecular weight excluding hydrogens is 288 g/mol. The number of nitrogens with zero attached hydrogens (tertiary/aromatic N) is 2. The SMILES string of the molecule is CC1CN(Cc2nc(C(=O)O)cs2)CC(C)S1(=O)=O. The van der Waals surface area contributed by atoms with E-state index in [2.05, 4.69) is 4.98 Å². The van der Waals surface area contributed by atoms with Crippen LogP contribution in [0, 0.1) is 0 Å². The molecule has 0 radical (unpaired) electrons. The van der Waals surface area contributed by atoms with Crippen LogP contribution < -0.4 is 0 Å². The van der Waals surface area contributed by atoms with Crippen molar-refractivity contribution in [1.29, 1.82) is 0 Å². The molecule has 2 rings (SSSR count). The minimum absolute atomic E-state index is 0.0470. The fourth-order valence-corrected chi connectivity index (χ4v) is 4.65. The molecule has 2 atom stereocenters. The van der Waals surface area contributed by atoms with E-state index in [1.807, 2.05) is 4.90 Å². The van der Waals surface area contributed by atoms with E-state index in [1.165, 1.54) is 16.7 Å². The first-order chi connectivity index (χ1) is 8.80. The Morgan fingerprint density at radius 2 is 2.05 bits per heavy atom. The molecule has 1 aromatic heterocycles. The normalized spacial score (nSPS) is 27.3. The molecule has 106 valence electrons. The van der Waals surface area contributed by atoms with Gasteiger partial charge in [0.15, 0.2) is 15.5 Å². The van der Waals surface area contributed by atoms with Crippen LogP contribution in [0.25, 0.3) is 0 Å². The third kappa shape index (κ3) is 2.96. The third-order valence-electron chi connectivity index (χ3n) is 3.28. The summed E-state index contributed by atoms with van der Waals surface area (Å²) in [5.74, 6) is -1.04. The lowest BCUT2D eigenvalue weighted by Crippen LogP contribution is -2.49. The summed E-state index contributed by atoms with van der Waals surface area (Å²) >= 11 is 1.29. The third-order valence-corrected chi connectivity index (χ3v) is 6.66. The summed E-state index contributed by atoms with van der Waals surface area (Å²) in [6, 6.07) is 0. The lowest BCUT2D eigenvalue weighted by atomic mass is 10.3. The van der Waals surface area contributed by atoms with E-state index >= 15 is 0 Å². The highest BCUT2D eigenvalue weighted by molar-refractivity contribution is 7.92. The molecule has 1 N–H and O–H groups in total. The van der Waals surface area contributed by atoms with Gasteiger partial charge in [-0.3, -0.25) is 4.90 Å². The summed E-state index contributed by atoms with van der Waals surface area (Å²) in [4.78, 5) is 16.8. The van der Waals surface area contributed by atoms with E-state index < -0.39 is 26.3 Å². The predicted molar refractivity (Wildman–Crippen MR) is 72.2 cm³/mol. The van der Waals surface area contributed by atoms with E-state index in [1.54, 1.807) is 13.8 Å². The fraction of sp³-hybridized carbons (Fsp3) is 0.636. The molecule has 1 aliphatic rings. The molecule has 2 heterocycles. The van der Waals surface area contributed by atoms with Crippen molar-refractivity contribution in [2.75, 3.05) is 13.1 Å². The molecule has 8 heteroatoms. The molecule has 0 bridgehead atoms. The van der Waals surface area contributed by atoms with Gasteiger partial charge < -0.3 is 5.11 Å². The largest absolute Gasteiger partial charge is 0.476 e. The van der Waals surface area contributed by atoms with Crippen LogP contribution >= 0.6 is 11.3 Å². The van der Waals surface area contributed by atoms with E-state index in [-0.39, 0.29) is 5.69 Å². The molecule has 1 fully saturated rings. The summed E-state index contributed by atoms with van der Waals surface area (Å²) in [7, 11) is -3.03. The van der Waals surface area contributed by atoms with Gasteiger partial charge in [-0.05, 0) is 13.8 Å². The van der Waals surface area contributed by atoms with Gasteiger partial charge in [-0.1, -0.05) is 0 Å². The summed E-state index contributed by atoms with van der Waals surface area (Å²) in [6.07, 6.45) is 0. The maximum atomic E-state index is 11.9. The number of carboxylic acid groups (broad SMARTS) is 1. The van der Waals surface area contributed by atoms with Crippen LogP contribution in [0.5, 0.6) is 0 Å². The number of carboxylic acids is 1. The molecule has 0 spiro atoms. The average Bonchev–Trinajstić information content (AvgIpc) is 2.75. The molecule has 6 nitrogen and oxygen atoms in total. The summed E-state index contributed by atoms with van der Waals surface area (Å²) < 4.78 is 23.8. The second-order valence-electron chi connectivity index (χ2n) is 4.84. The number of sulfone groups is 1. The topological polar surface area (TPSA) is 87.6 Å². The van der Waals surface area contributed by atoms with Crippen molar-refractivity contribution in [3.8, 4) is 0 Å². The van der Waals surface area contributed by atoms with Crippen molar-refractivity contribution in [3.05, 3.63) is 16.1 Å². The Morgan fingerprint density at radius 1 is 1.47 bits per heavy atom. The van der Waals surface area contributed by atoms with Gasteiger partial charge in [-0.15, -0.1) is 11.3 Å². The van der Waals surface area contributed by atoms with Gasteiger partial charge >= 0.3 is 5.97 Å². The van der Waals surface area contributed by atoms with Crippen molar-refractivity contribution in [3.63, 3.8) is 0 Å². The standard InChI is InChI=1S/C11H16N2O4S2/c1-7-3-13(4-8(2)19(7,16)17)5-10-12-9(6-18-10)11(14)15/h6-8H,3-5H2,1-2H3,(H,14,15). The molecule has 1 aromatic rings. The molecular formula is C11H16N2O4S2.